The highest BCUT2D eigenvalue weighted by atomic mass is 16.4. The minimum atomic E-state index is -0.638. The van der Waals surface area contributed by atoms with Crippen molar-refractivity contribution in [2.75, 3.05) is 27.2 Å². The van der Waals surface area contributed by atoms with Crippen LogP contribution in [0.5, 0.6) is 0 Å². The van der Waals surface area contributed by atoms with E-state index in [1.165, 1.54) is 4.90 Å². The standard InChI is InChI=1S/C20H25N3O5/c1-12-9-16(13-5-4-8-21-10-13)28-20(26)17(12)18(24)22-11-14-6-7-15(27-14)19(25)23(2)3/h6-7,9,13,21H,4-5,8,10-11H2,1-3H3,(H,22,24). The highest BCUT2D eigenvalue weighted by Gasteiger charge is 2.22. The van der Waals surface area contributed by atoms with Crippen LogP contribution in [0, 0.1) is 6.92 Å². The SMILES string of the molecule is Cc1cc(C2CCCNC2)oc(=O)c1C(=O)NCc1ccc(C(=O)N(C)C)o1. The Balaban J connectivity index is 1.69. The highest BCUT2D eigenvalue weighted by molar-refractivity contribution is 5.95. The number of amides is 2. The third-order valence-corrected chi connectivity index (χ3v) is 4.80. The number of aryl methyl sites for hydroxylation is 1. The molecule has 1 saturated heterocycles. The van der Waals surface area contributed by atoms with Crippen molar-refractivity contribution >= 4 is 11.8 Å². The Kier molecular flexibility index (Phi) is 5.99. The van der Waals surface area contributed by atoms with Gasteiger partial charge in [0.2, 0.25) is 0 Å². The largest absolute Gasteiger partial charge is 0.454 e. The van der Waals surface area contributed by atoms with E-state index in [0.717, 1.165) is 25.9 Å². The lowest BCUT2D eigenvalue weighted by molar-refractivity contribution is 0.0794. The smallest absolute Gasteiger partial charge is 0.349 e. The summed E-state index contributed by atoms with van der Waals surface area (Å²) in [5, 5.41) is 5.93. The minimum absolute atomic E-state index is 0.0105. The van der Waals surface area contributed by atoms with Gasteiger partial charge in [0, 0.05) is 26.6 Å². The van der Waals surface area contributed by atoms with Crippen LogP contribution in [-0.2, 0) is 6.54 Å². The summed E-state index contributed by atoms with van der Waals surface area (Å²) >= 11 is 0. The first-order chi connectivity index (χ1) is 13.4. The van der Waals surface area contributed by atoms with Crippen LogP contribution in [0.25, 0.3) is 0 Å². The van der Waals surface area contributed by atoms with Crippen molar-refractivity contribution in [3.05, 3.63) is 57.0 Å². The van der Waals surface area contributed by atoms with Gasteiger partial charge in [-0.2, -0.15) is 0 Å². The summed E-state index contributed by atoms with van der Waals surface area (Å²) in [6.45, 7) is 3.52. The average Bonchev–Trinajstić information content (AvgIpc) is 3.14. The molecule has 0 aliphatic carbocycles. The molecule has 0 saturated carbocycles. The molecule has 2 N–H and O–H groups in total. The van der Waals surface area contributed by atoms with Gasteiger partial charge in [0.25, 0.3) is 11.8 Å². The van der Waals surface area contributed by atoms with Crippen molar-refractivity contribution in [2.24, 2.45) is 0 Å². The summed E-state index contributed by atoms with van der Waals surface area (Å²) in [7, 11) is 3.25. The van der Waals surface area contributed by atoms with E-state index in [2.05, 4.69) is 10.6 Å². The van der Waals surface area contributed by atoms with Crippen molar-refractivity contribution < 1.29 is 18.4 Å². The summed E-state index contributed by atoms with van der Waals surface area (Å²) in [5.74, 6) is 0.580. The highest BCUT2D eigenvalue weighted by Crippen LogP contribution is 2.23. The van der Waals surface area contributed by atoms with E-state index in [4.69, 9.17) is 8.83 Å². The summed E-state index contributed by atoms with van der Waals surface area (Å²) < 4.78 is 10.9. The average molecular weight is 387 g/mol. The maximum Gasteiger partial charge on any atom is 0.349 e. The number of carbonyl (C=O) groups excluding carboxylic acids is 2. The van der Waals surface area contributed by atoms with E-state index in [-0.39, 0.29) is 29.7 Å². The lowest BCUT2D eigenvalue weighted by atomic mass is 9.95. The second-order valence-electron chi connectivity index (χ2n) is 7.19. The van der Waals surface area contributed by atoms with E-state index in [9.17, 15) is 14.4 Å². The Bertz CT molecular complexity index is 922. The first-order valence-corrected chi connectivity index (χ1v) is 9.30. The predicted octanol–water partition coefficient (Wildman–Crippen LogP) is 1.64. The normalized spacial score (nSPS) is 16.6. The molecule has 28 heavy (non-hydrogen) atoms. The molecule has 1 unspecified atom stereocenters. The van der Waals surface area contributed by atoms with Crippen molar-refractivity contribution in [3.8, 4) is 0 Å². The maximum atomic E-state index is 12.5. The molecule has 0 radical (unpaired) electrons. The van der Waals surface area contributed by atoms with Gasteiger partial charge in [-0.1, -0.05) is 0 Å². The van der Waals surface area contributed by atoms with Gasteiger partial charge >= 0.3 is 5.63 Å². The van der Waals surface area contributed by atoms with Gasteiger partial charge in [-0.25, -0.2) is 4.79 Å². The molecule has 3 rings (SSSR count). The van der Waals surface area contributed by atoms with Gasteiger partial charge in [0.05, 0.1) is 6.54 Å². The molecule has 2 amide bonds. The molecule has 0 aromatic carbocycles. The fourth-order valence-electron chi connectivity index (χ4n) is 3.27. The molecular weight excluding hydrogens is 362 g/mol. The summed E-state index contributed by atoms with van der Waals surface area (Å²) in [6.07, 6.45) is 1.98. The molecule has 0 spiro atoms. The number of piperidine rings is 1. The summed E-state index contributed by atoms with van der Waals surface area (Å²) in [4.78, 5) is 38.2. The molecule has 8 nitrogen and oxygen atoms in total. The lowest BCUT2D eigenvalue weighted by Gasteiger charge is -2.22. The fourth-order valence-corrected chi connectivity index (χ4v) is 3.27. The molecule has 1 atom stereocenters. The molecule has 1 aliphatic heterocycles. The van der Waals surface area contributed by atoms with E-state index in [1.807, 2.05) is 0 Å². The van der Waals surface area contributed by atoms with Crippen LogP contribution >= 0.6 is 0 Å². The predicted molar refractivity (Wildman–Crippen MR) is 102 cm³/mol. The van der Waals surface area contributed by atoms with E-state index >= 15 is 0 Å². The van der Waals surface area contributed by atoms with Crippen LogP contribution in [0.4, 0.5) is 0 Å². The monoisotopic (exact) mass is 387 g/mol. The van der Waals surface area contributed by atoms with Crippen molar-refractivity contribution in [2.45, 2.75) is 32.2 Å². The Morgan fingerprint density at radius 2 is 2.07 bits per heavy atom. The van der Waals surface area contributed by atoms with E-state index in [1.54, 1.807) is 39.2 Å². The van der Waals surface area contributed by atoms with Gasteiger partial charge in [-0.3, -0.25) is 9.59 Å². The summed E-state index contributed by atoms with van der Waals surface area (Å²) in [6, 6.07) is 4.94. The second-order valence-corrected chi connectivity index (χ2v) is 7.19. The zero-order chi connectivity index (χ0) is 20.3. The number of carbonyl (C=O) groups is 2. The Morgan fingerprint density at radius 3 is 2.71 bits per heavy atom. The Labute approximate surface area is 162 Å². The first-order valence-electron chi connectivity index (χ1n) is 9.30. The third kappa shape index (κ3) is 4.33. The van der Waals surface area contributed by atoms with Crippen molar-refractivity contribution in [1.82, 2.24) is 15.5 Å². The molecule has 0 bridgehead atoms. The maximum absolute atomic E-state index is 12.5. The van der Waals surface area contributed by atoms with Gasteiger partial charge in [-0.05, 0) is 50.1 Å². The quantitative estimate of drug-likeness (QED) is 0.808. The lowest BCUT2D eigenvalue weighted by Crippen LogP contribution is -2.31. The molecular formula is C20H25N3O5. The van der Waals surface area contributed by atoms with Crippen LogP contribution < -0.4 is 16.3 Å². The zero-order valence-electron chi connectivity index (χ0n) is 16.3. The first kappa shape index (κ1) is 19.9. The van der Waals surface area contributed by atoms with Crippen LogP contribution in [0.2, 0.25) is 0 Å². The zero-order valence-corrected chi connectivity index (χ0v) is 16.3. The second kappa shape index (κ2) is 8.43. The number of rotatable bonds is 5. The Hall–Kier alpha value is -2.87. The third-order valence-electron chi connectivity index (χ3n) is 4.80. The van der Waals surface area contributed by atoms with Crippen LogP contribution in [0.15, 0.2) is 31.8 Å². The van der Waals surface area contributed by atoms with Crippen LogP contribution in [0.1, 0.15) is 56.8 Å². The fraction of sp³-hybridized carbons (Fsp3) is 0.450. The van der Waals surface area contributed by atoms with E-state index in [0.29, 0.717) is 17.1 Å². The molecule has 8 heteroatoms. The number of nitrogens with one attached hydrogen (secondary N) is 2. The molecule has 2 aromatic rings. The van der Waals surface area contributed by atoms with Crippen molar-refractivity contribution in [1.29, 1.82) is 0 Å². The van der Waals surface area contributed by atoms with Crippen LogP contribution in [-0.4, -0.2) is 43.9 Å². The van der Waals surface area contributed by atoms with Crippen LogP contribution in [0.3, 0.4) is 0 Å². The number of hydrogen-bond donors (Lipinski definition) is 2. The molecule has 1 aliphatic rings. The van der Waals surface area contributed by atoms with Gasteiger partial charge < -0.3 is 24.4 Å². The van der Waals surface area contributed by atoms with Gasteiger partial charge in [0.1, 0.15) is 17.1 Å². The van der Waals surface area contributed by atoms with E-state index < -0.39 is 11.5 Å². The van der Waals surface area contributed by atoms with Gasteiger partial charge in [0.15, 0.2) is 5.76 Å². The molecule has 3 heterocycles. The minimum Gasteiger partial charge on any atom is -0.454 e. The van der Waals surface area contributed by atoms with Crippen molar-refractivity contribution in [3.63, 3.8) is 0 Å². The topological polar surface area (TPSA) is 105 Å². The molecule has 2 aromatic heterocycles. The molecule has 1 fully saturated rings. The molecule has 150 valence electrons. The number of nitrogens with zero attached hydrogens (tertiary/aromatic N) is 1. The number of furan rings is 1. The Morgan fingerprint density at radius 1 is 1.29 bits per heavy atom. The van der Waals surface area contributed by atoms with Gasteiger partial charge in [-0.15, -0.1) is 0 Å². The summed E-state index contributed by atoms with van der Waals surface area (Å²) in [5.41, 5.74) is -0.0677. The number of hydrogen-bond acceptors (Lipinski definition) is 6.